The monoisotopic (exact) mass is 402 g/mol. The molecule has 0 spiro atoms. The predicted molar refractivity (Wildman–Crippen MR) is 118 cm³/mol. The van der Waals surface area contributed by atoms with E-state index in [4.69, 9.17) is 14.5 Å². The highest BCUT2D eigenvalue weighted by Crippen LogP contribution is 2.33. The van der Waals surface area contributed by atoms with Gasteiger partial charge in [0.05, 0.1) is 18.1 Å². The van der Waals surface area contributed by atoms with Gasteiger partial charge in [0.25, 0.3) is 0 Å². The number of ether oxygens (including phenoxy) is 2. The van der Waals surface area contributed by atoms with Crippen LogP contribution in [0.15, 0.2) is 72.8 Å². The number of aliphatic hydroxyl groups is 1. The maximum Gasteiger partial charge on any atom is 0.161 e. The molecule has 0 saturated heterocycles. The summed E-state index contributed by atoms with van der Waals surface area (Å²) in [6.07, 6.45) is 0.0939. The van der Waals surface area contributed by atoms with Gasteiger partial charge in [-0.2, -0.15) is 0 Å². The number of para-hydroxylation sites is 2. The Morgan fingerprint density at radius 1 is 0.967 bits per heavy atom. The molecule has 4 rings (SSSR count). The summed E-state index contributed by atoms with van der Waals surface area (Å²) in [5.41, 5.74) is 3.71. The first-order chi connectivity index (χ1) is 14.7. The average Bonchev–Trinajstić information content (AvgIpc) is 3.16. The average molecular weight is 402 g/mol. The molecule has 4 aromatic rings. The molecule has 1 N–H and O–H groups in total. The molecule has 1 atom stereocenters. The van der Waals surface area contributed by atoms with Gasteiger partial charge >= 0.3 is 0 Å². The van der Waals surface area contributed by atoms with Crippen molar-refractivity contribution in [2.45, 2.75) is 32.6 Å². The predicted octanol–water partition coefficient (Wildman–Crippen LogP) is 5.12. The molecule has 0 aliphatic rings. The Kier molecular flexibility index (Phi) is 6.00. The molecule has 0 unspecified atom stereocenters. The molecule has 3 aromatic carbocycles. The number of nitrogens with zero attached hydrogens (tertiary/aromatic N) is 2. The Balaban J connectivity index is 1.62. The number of aromatic nitrogens is 2. The van der Waals surface area contributed by atoms with Crippen molar-refractivity contribution < 1.29 is 14.6 Å². The summed E-state index contributed by atoms with van der Waals surface area (Å²) in [6, 6.07) is 23.5. The van der Waals surface area contributed by atoms with Gasteiger partial charge in [-0.15, -0.1) is 0 Å². The molecule has 1 heterocycles. The van der Waals surface area contributed by atoms with Crippen LogP contribution in [-0.4, -0.2) is 21.8 Å². The van der Waals surface area contributed by atoms with Crippen molar-refractivity contribution in [1.82, 2.24) is 9.55 Å². The second-order valence-corrected chi connectivity index (χ2v) is 7.20. The molecule has 5 nitrogen and oxygen atoms in total. The highest BCUT2D eigenvalue weighted by molar-refractivity contribution is 5.76. The molecule has 0 aliphatic heterocycles. The summed E-state index contributed by atoms with van der Waals surface area (Å²) in [6.45, 7) is 3.36. The van der Waals surface area contributed by atoms with Gasteiger partial charge in [-0.1, -0.05) is 55.5 Å². The van der Waals surface area contributed by atoms with Crippen LogP contribution in [-0.2, 0) is 13.2 Å². The number of imidazole rings is 1. The normalized spacial score (nSPS) is 12.1. The zero-order valence-corrected chi connectivity index (χ0v) is 17.3. The lowest BCUT2D eigenvalue weighted by molar-refractivity contribution is 0.204. The van der Waals surface area contributed by atoms with Crippen molar-refractivity contribution >= 4 is 11.0 Å². The zero-order chi connectivity index (χ0) is 20.9. The van der Waals surface area contributed by atoms with Crippen LogP contribution in [0.25, 0.3) is 11.0 Å². The van der Waals surface area contributed by atoms with Crippen LogP contribution in [0.3, 0.4) is 0 Å². The van der Waals surface area contributed by atoms with Crippen molar-refractivity contribution in [3.8, 4) is 11.5 Å². The summed E-state index contributed by atoms with van der Waals surface area (Å²) in [7, 11) is 1.60. The third kappa shape index (κ3) is 4.02. The molecule has 154 valence electrons. The lowest BCUT2D eigenvalue weighted by atomic mass is 10.1. The van der Waals surface area contributed by atoms with Gasteiger partial charge in [-0.3, -0.25) is 0 Å². The summed E-state index contributed by atoms with van der Waals surface area (Å²) in [5, 5.41) is 11.1. The molecule has 0 fully saturated rings. The smallest absolute Gasteiger partial charge is 0.161 e. The van der Waals surface area contributed by atoms with Crippen LogP contribution < -0.4 is 9.47 Å². The number of aliphatic hydroxyl groups excluding tert-OH is 1. The van der Waals surface area contributed by atoms with E-state index in [-0.39, 0.29) is 0 Å². The SMILES string of the molecule is CCCn1c([C@H](O)c2ccc(OCc3ccccc3)c(OC)c2)nc2ccccc21. The maximum atomic E-state index is 11.1. The van der Waals surface area contributed by atoms with Crippen molar-refractivity contribution in [3.63, 3.8) is 0 Å². The first-order valence-corrected chi connectivity index (χ1v) is 10.2. The van der Waals surface area contributed by atoms with E-state index >= 15 is 0 Å². The van der Waals surface area contributed by atoms with Gasteiger partial charge in [-0.25, -0.2) is 4.98 Å². The molecule has 0 radical (unpaired) electrons. The number of fused-ring (bicyclic) bond motifs is 1. The van der Waals surface area contributed by atoms with E-state index in [1.807, 2.05) is 72.8 Å². The fourth-order valence-electron chi connectivity index (χ4n) is 3.62. The fraction of sp³-hybridized carbons (Fsp3) is 0.240. The van der Waals surface area contributed by atoms with Crippen molar-refractivity contribution in [3.05, 3.63) is 89.7 Å². The standard InChI is InChI=1S/C25H26N2O3/c1-3-15-27-21-12-8-7-11-20(21)26-25(27)24(28)19-13-14-22(23(16-19)29-2)30-17-18-9-5-4-6-10-18/h4-14,16,24,28H,3,15,17H2,1-2H3/t24-/m1/s1. The van der Waals surface area contributed by atoms with Crippen LogP contribution in [0, 0.1) is 0 Å². The topological polar surface area (TPSA) is 56.5 Å². The van der Waals surface area contributed by atoms with E-state index in [0.717, 1.165) is 29.6 Å². The van der Waals surface area contributed by atoms with Gasteiger partial charge in [-0.05, 0) is 41.8 Å². The van der Waals surface area contributed by atoms with Gasteiger partial charge in [0.2, 0.25) is 0 Å². The fourth-order valence-corrected chi connectivity index (χ4v) is 3.62. The highest BCUT2D eigenvalue weighted by Gasteiger charge is 2.21. The molecule has 0 saturated carbocycles. The molecular weight excluding hydrogens is 376 g/mol. The van der Waals surface area contributed by atoms with Crippen molar-refractivity contribution in [2.24, 2.45) is 0 Å². The van der Waals surface area contributed by atoms with Crippen LogP contribution in [0.2, 0.25) is 0 Å². The third-order valence-corrected chi connectivity index (χ3v) is 5.12. The molecule has 30 heavy (non-hydrogen) atoms. The second kappa shape index (κ2) is 9.01. The minimum Gasteiger partial charge on any atom is -0.493 e. The Hall–Kier alpha value is -3.31. The van der Waals surface area contributed by atoms with E-state index in [1.165, 1.54) is 0 Å². The van der Waals surface area contributed by atoms with Crippen LogP contribution >= 0.6 is 0 Å². The number of aryl methyl sites for hydroxylation is 1. The maximum absolute atomic E-state index is 11.1. The van der Waals surface area contributed by atoms with E-state index in [9.17, 15) is 5.11 Å². The van der Waals surface area contributed by atoms with Gasteiger partial charge in [0.1, 0.15) is 18.5 Å². The van der Waals surface area contributed by atoms with Gasteiger partial charge in [0.15, 0.2) is 11.5 Å². The van der Waals surface area contributed by atoms with E-state index in [2.05, 4.69) is 11.5 Å². The van der Waals surface area contributed by atoms with E-state index in [0.29, 0.717) is 29.5 Å². The second-order valence-electron chi connectivity index (χ2n) is 7.20. The Morgan fingerprint density at radius 3 is 2.50 bits per heavy atom. The van der Waals surface area contributed by atoms with E-state index < -0.39 is 6.10 Å². The largest absolute Gasteiger partial charge is 0.493 e. The minimum atomic E-state index is -0.860. The molecule has 0 aliphatic carbocycles. The first-order valence-electron chi connectivity index (χ1n) is 10.2. The van der Waals surface area contributed by atoms with Crippen LogP contribution in [0.1, 0.15) is 36.4 Å². The number of hydrogen-bond acceptors (Lipinski definition) is 4. The van der Waals surface area contributed by atoms with Gasteiger partial charge in [0, 0.05) is 6.54 Å². The minimum absolute atomic E-state index is 0.450. The Labute approximate surface area is 176 Å². The summed E-state index contributed by atoms with van der Waals surface area (Å²) < 4.78 is 13.6. The quantitative estimate of drug-likeness (QED) is 0.445. The first kappa shape index (κ1) is 20.0. The lowest BCUT2D eigenvalue weighted by Crippen LogP contribution is -2.10. The Bertz CT molecular complexity index is 1120. The summed E-state index contributed by atoms with van der Waals surface area (Å²) >= 11 is 0. The molecular formula is C25H26N2O3. The van der Waals surface area contributed by atoms with E-state index in [1.54, 1.807) is 7.11 Å². The summed E-state index contributed by atoms with van der Waals surface area (Å²) in [4.78, 5) is 4.70. The highest BCUT2D eigenvalue weighted by atomic mass is 16.5. The Morgan fingerprint density at radius 2 is 1.73 bits per heavy atom. The number of hydrogen-bond donors (Lipinski definition) is 1. The zero-order valence-electron chi connectivity index (χ0n) is 17.3. The van der Waals surface area contributed by atoms with Crippen molar-refractivity contribution in [2.75, 3.05) is 7.11 Å². The van der Waals surface area contributed by atoms with Crippen LogP contribution in [0.5, 0.6) is 11.5 Å². The summed E-state index contributed by atoms with van der Waals surface area (Å²) in [5.74, 6) is 1.86. The number of methoxy groups -OCH3 is 1. The molecule has 0 bridgehead atoms. The molecule has 5 heteroatoms. The van der Waals surface area contributed by atoms with Crippen molar-refractivity contribution in [1.29, 1.82) is 0 Å². The third-order valence-electron chi connectivity index (χ3n) is 5.12. The molecule has 1 aromatic heterocycles. The number of benzene rings is 3. The van der Waals surface area contributed by atoms with Gasteiger partial charge < -0.3 is 19.1 Å². The van der Waals surface area contributed by atoms with Crippen LogP contribution in [0.4, 0.5) is 0 Å². The lowest BCUT2D eigenvalue weighted by Gasteiger charge is -2.16. The number of rotatable bonds is 8. The molecule has 0 amide bonds.